The van der Waals surface area contributed by atoms with Crippen LogP contribution in [0.4, 0.5) is 0 Å². The summed E-state index contributed by atoms with van der Waals surface area (Å²) in [6.07, 6.45) is 2.63. The SMILES string of the molecule is Cc1ccc(OCCC(O)C2CCCN2)cc1C. The summed E-state index contributed by atoms with van der Waals surface area (Å²) < 4.78 is 5.68. The predicted octanol–water partition coefficient (Wildman–Crippen LogP) is 2.19. The van der Waals surface area contributed by atoms with E-state index in [0.29, 0.717) is 13.0 Å². The first-order valence-corrected chi connectivity index (χ1v) is 6.78. The van der Waals surface area contributed by atoms with Gasteiger partial charge in [-0.25, -0.2) is 0 Å². The fraction of sp³-hybridized carbons (Fsp3) is 0.600. The lowest BCUT2D eigenvalue weighted by Gasteiger charge is -2.18. The zero-order chi connectivity index (χ0) is 13.0. The van der Waals surface area contributed by atoms with Gasteiger partial charge in [0.15, 0.2) is 0 Å². The quantitative estimate of drug-likeness (QED) is 0.840. The molecule has 0 saturated carbocycles. The maximum Gasteiger partial charge on any atom is 0.119 e. The van der Waals surface area contributed by atoms with Crippen molar-refractivity contribution in [1.29, 1.82) is 0 Å². The molecule has 0 radical (unpaired) electrons. The third-order valence-electron chi connectivity index (χ3n) is 3.72. The highest BCUT2D eigenvalue weighted by molar-refractivity contribution is 5.33. The Hall–Kier alpha value is -1.06. The summed E-state index contributed by atoms with van der Waals surface area (Å²) in [7, 11) is 0. The molecule has 0 aromatic heterocycles. The third-order valence-corrected chi connectivity index (χ3v) is 3.72. The molecular weight excluding hydrogens is 226 g/mol. The molecule has 3 heteroatoms. The van der Waals surface area contributed by atoms with Gasteiger partial charge < -0.3 is 15.2 Å². The van der Waals surface area contributed by atoms with Crippen molar-refractivity contribution in [2.75, 3.05) is 13.2 Å². The first-order chi connectivity index (χ1) is 8.66. The topological polar surface area (TPSA) is 41.5 Å². The molecule has 1 heterocycles. The molecule has 100 valence electrons. The standard InChI is InChI=1S/C15H23NO2/c1-11-5-6-13(10-12(11)2)18-9-7-15(17)14-4-3-8-16-14/h5-6,10,14-17H,3-4,7-9H2,1-2H3. The summed E-state index contributed by atoms with van der Waals surface area (Å²) in [5.74, 6) is 0.893. The average molecular weight is 249 g/mol. The molecule has 1 aromatic carbocycles. The van der Waals surface area contributed by atoms with Crippen LogP contribution in [0.3, 0.4) is 0 Å². The summed E-state index contributed by atoms with van der Waals surface area (Å²) in [5, 5.41) is 13.3. The van der Waals surface area contributed by atoms with Crippen molar-refractivity contribution < 1.29 is 9.84 Å². The lowest BCUT2D eigenvalue weighted by Crippen LogP contribution is -2.35. The minimum atomic E-state index is -0.293. The van der Waals surface area contributed by atoms with E-state index < -0.39 is 0 Å². The second kappa shape index (κ2) is 6.21. The van der Waals surface area contributed by atoms with Gasteiger partial charge in [0.05, 0.1) is 12.7 Å². The number of aliphatic hydroxyl groups is 1. The Kier molecular flexibility index (Phi) is 4.61. The van der Waals surface area contributed by atoms with Crippen LogP contribution in [-0.4, -0.2) is 30.4 Å². The Morgan fingerprint density at radius 3 is 2.89 bits per heavy atom. The molecule has 0 aliphatic carbocycles. The van der Waals surface area contributed by atoms with Gasteiger partial charge in [0.1, 0.15) is 5.75 Å². The van der Waals surface area contributed by atoms with Gasteiger partial charge in [0, 0.05) is 12.5 Å². The Bertz CT molecular complexity index is 386. The Morgan fingerprint density at radius 1 is 1.39 bits per heavy atom. The van der Waals surface area contributed by atoms with Gasteiger partial charge in [0.25, 0.3) is 0 Å². The van der Waals surface area contributed by atoms with E-state index in [9.17, 15) is 5.11 Å². The van der Waals surface area contributed by atoms with Crippen molar-refractivity contribution in [3.63, 3.8) is 0 Å². The van der Waals surface area contributed by atoms with Crippen LogP contribution in [0.5, 0.6) is 5.75 Å². The van der Waals surface area contributed by atoms with E-state index in [1.807, 2.05) is 6.07 Å². The summed E-state index contributed by atoms with van der Waals surface area (Å²) in [6.45, 7) is 5.77. The van der Waals surface area contributed by atoms with Gasteiger partial charge in [-0.05, 0) is 56.5 Å². The summed E-state index contributed by atoms with van der Waals surface area (Å²) in [4.78, 5) is 0. The van der Waals surface area contributed by atoms with Crippen molar-refractivity contribution >= 4 is 0 Å². The average Bonchev–Trinajstić information content (AvgIpc) is 2.87. The molecule has 1 fully saturated rings. The van der Waals surface area contributed by atoms with Crippen molar-refractivity contribution in [1.82, 2.24) is 5.32 Å². The van der Waals surface area contributed by atoms with Gasteiger partial charge in [-0.3, -0.25) is 0 Å². The predicted molar refractivity (Wildman–Crippen MR) is 73.1 cm³/mol. The first-order valence-electron chi connectivity index (χ1n) is 6.78. The fourth-order valence-electron chi connectivity index (χ4n) is 2.34. The van der Waals surface area contributed by atoms with Crippen molar-refractivity contribution in [3.05, 3.63) is 29.3 Å². The largest absolute Gasteiger partial charge is 0.493 e. The molecule has 18 heavy (non-hydrogen) atoms. The zero-order valence-electron chi connectivity index (χ0n) is 11.3. The number of ether oxygens (including phenoxy) is 1. The molecule has 0 spiro atoms. The van der Waals surface area contributed by atoms with Crippen LogP contribution in [0, 0.1) is 13.8 Å². The molecule has 2 rings (SSSR count). The lowest BCUT2D eigenvalue weighted by molar-refractivity contribution is 0.107. The van der Waals surface area contributed by atoms with Crippen LogP contribution in [0.15, 0.2) is 18.2 Å². The second-order valence-electron chi connectivity index (χ2n) is 5.15. The number of nitrogens with one attached hydrogen (secondary N) is 1. The van der Waals surface area contributed by atoms with E-state index in [-0.39, 0.29) is 12.1 Å². The van der Waals surface area contributed by atoms with Gasteiger partial charge in [-0.2, -0.15) is 0 Å². The van der Waals surface area contributed by atoms with E-state index in [0.717, 1.165) is 18.7 Å². The molecule has 0 amide bonds. The number of benzene rings is 1. The fourth-order valence-corrected chi connectivity index (χ4v) is 2.34. The maximum atomic E-state index is 9.98. The van der Waals surface area contributed by atoms with Crippen LogP contribution in [0.25, 0.3) is 0 Å². The Morgan fingerprint density at radius 2 is 2.22 bits per heavy atom. The lowest BCUT2D eigenvalue weighted by atomic mass is 10.1. The molecule has 3 nitrogen and oxygen atoms in total. The molecule has 0 bridgehead atoms. The highest BCUT2D eigenvalue weighted by atomic mass is 16.5. The van der Waals surface area contributed by atoms with Gasteiger partial charge in [-0.1, -0.05) is 6.07 Å². The number of hydrogen-bond acceptors (Lipinski definition) is 3. The van der Waals surface area contributed by atoms with E-state index in [1.54, 1.807) is 0 Å². The van der Waals surface area contributed by atoms with Crippen LogP contribution in [0.1, 0.15) is 30.4 Å². The molecule has 1 aliphatic rings. The van der Waals surface area contributed by atoms with E-state index in [4.69, 9.17) is 4.74 Å². The van der Waals surface area contributed by atoms with Crippen LogP contribution >= 0.6 is 0 Å². The highest BCUT2D eigenvalue weighted by Crippen LogP contribution is 2.17. The van der Waals surface area contributed by atoms with Crippen molar-refractivity contribution in [2.24, 2.45) is 0 Å². The molecule has 1 saturated heterocycles. The summed E-state index contributed by atoms with van der Waals surface area (Å²) >= 11 is 0. The molecule has 1 aromatic rings. The third kappa shape index (κ3) is 3.47. The number of aryl methyl sites for hydroxylation is 2. The summed E-state index contributed by atoms with van der Waals surface area (Å²) in [6, 6.07) is 6.37. The summed E-state index contributed by atoms with van der Waals surface area (Å²) in [5.41, 5.74) is 2.52. The second-order valence-corrected chi connectivity index (χ2v) is 5.15. The van der Waals surface area contributed by atoms with Crippen LogP contribution < -0.4 is 10.1 Å². The molecule has 1 aliphatic heterocycles. The van der Waals surface area contributed by atoms with E-state index in [2.05, 4.69) is 31.3 Å². The van der Waals surface area contributed by atoms with Gasteiger partial charge >= 0.3 is 0 Å². The Balaban J connectivity index is 1.75. The van der Waals surface area contributed by atoms with Crippen LogP contribution in [-0.2, 0) is 0 Å². The molecule has 2 atom stereocenters. The highest BCUT2D eigenvalue weighted by Gasteiger charge is 2.22. The molecular formula is C15H23NO2. The maximum absolute atomic E-state index is 9.98. The zero-order valence-corrected chi connectivity index (χ0v) is 11.3. The van der Waals surface area contributed by atoms with E-state index in [1.165, 1.54) is 17.5 Å². The first kappa shape index (κ1) is 13.4. The normalized spacial score (nSPS) is 20.9. The minimum absolute atomic E-state index is 0.258. The molecule has 2 unspecified atom stereocenters. The van der Waals surface area contributed by atoms with Crippen LogP contribution in [0.2, 0.25) is 0 Å². The van der Waals surface area contributed by atoms with Crippen molar-refractivity contribution in [3.8, 4) is 5.75 Å². The van der Waals surface area contributed by atoms with E-state index >= 15 is 0 Å². The minimum Gasteiger partial charge on any atom is -0.493 e. The number of hydrogen-bond donors (Lipinski definition) is 2. The van der Waals surface area contributed by atoms with Crippen molar-refractivity contribution in [2.45, 2.75) is 45.3 Å². The molecule has 2 N–H and O–H groups in total. The Labute approximate surface area is 109 Å². The smallest absolute Gasteiger partial charge is 0.119 e. The van der Waals surface area contributed by atoms with Gasteiger partial charge in [-0.15, -0.1) is 0 Å². The monoisotopic (exact) mass is 249 g/mol. The van der Waals surface area contributed by atoms with Gasteiger partial charge in [0.2, 0.25) is 0 Å². The number of aliphatic hydroxyl groups excluding tert-OH is 1. The number of rotatable bonds is 5.